The average molecular weight is 320 g/mol. The number of rotatable bonds is 9. The molecule has 0 bridgehead atoms. The SMILES string of the molecule is COCCOCCCCNC(=O)N1CCSCC1C(=O)O. The molecule has 0 radical (unpaired) electrons. The van der Waals surface area contributed by atoms with E-state index >= 15 is 0 Å². The first kappa shape index (κ1) is 18.1. The van der Waals surface area contributed by atoms with E-state index in [1.807, 2.05) is 0 Å². The Morgan fingerprint density at radius 2 is 2.14 bits per heavy atom. The zero-order valence-corrected chi connectivity index (χ0v) is 13.2. The first-order valence-electron chi connectivity index (χ1n) is 7.08. The van der Waals surface area contributed by atoms with E-state index in [0.717, 1.165) is 18.6 Å². The Morgan fingerprint density at radius 1 is 1.33 bits per heavy atom. The third-order valence-electron chi connectivity index (χ3n) is 3.10. The van der Waals surface area contributed by atoms with Crippen molar-refractivity contribution in [3.8, 4) is 0 Å². The summed E-state index contributed by atoms with van der Waals surface area (Å²) < 4.78 is 10.2. The van der Waals surface area contributed by atoms with Gasteiger partial charge in [0.15, 0.2) is 0 Å². The number of aliphatic carboxylic acids is 1. The second-order valence-electron chi connectivity index (χ2n) is 4.67. The van der Waals surface area contributed by atoms with Crippen LogP contribution in [0.25, 0.3) is 0 Å². The summed E-state index contributed by atoms with van der Waals surface area (Å²) in [5.41, 5.74) is 0. The number of urea groups is 1. The second kappa shape index (κ2) is 10.7. The average Bonchev–Trinajstić information content (AvgIpc) is 2.49. The molecule has 1 unspecified atom stereocenters. The van der Waals surface area contributed by atoms with Crippen LogP contribution in [0.4, 0.5) is 4.79 Å². The van der Waals surface area contributed by atoms with Crippen molar-refractivity contribution >= 4 is 23.8 Å². The van der Waals surface area contributed by atoms with Crippen molar-refractivity contribution in [3.63, 3.8) is 0 Å². The molecule has 2 amide bonds. The largest absolute Gasteiger partial charge is 0.480 e. The summed E-state index contributed by atoms with van der Waals surface area (Å²) in [6.07, 6.45) is 1.65. The van der Waals surface area contributed by atoms with Crippen LogP contribution in [0.2, 0.25) is 0 Å². The molecule has 1 fully saturated rings. The van der Waals surface area contributed by atoms with E-state index in [1.54, 1.807) is 18.9 Å². The maximum atomic E-state index is 12.0. The summed E-state index contributed by atoms with van der Waals surface area (Å²) in [6.45, 7) is 2.81. The predicted octanol–water partition coefficient (Wildman–Crippen LogP) is 0.641. The molecule has 1 atom stereocenters. The highest BCUT2D eigenvalue weighted by Gasteiger charge is 2.32. The Bertz CT molecular complexity index is 330. The van der Waals surface area contributed by atoms with Crippen LogP contribution in [-0.4, -0.2) is 79.6 Å². The van der Waals surface area contributed by atoms with Crippen LogP contribution < -0.4 is 5.32 Å². The minimum atomic E-state index is -0.941. The maximum Gasteiger partial charge on any atom is 0.327 e. The van der Waals surface area contributed by atoms with Gasteiger partial charge < -0.3 is 24.8 Å². The van der Waals surface area contributed by atoms with Gasteiger partial charge in [0.2, 0.25) is 0 Å². The molecule has 0 spiro atoms. The third kappa shape index (κ3) is 7.01. The first-order chi connectivity index (χ1) is 10.2. The van der Waals surface area contributed by atoms with Gasteiger partial charge in [0.1, 0.15) is 6.04 Å². The molecule has 1 heterocycles. The number of methoxy groups -OCH3 is 1. The van der Waals surface area contributed by atoms with E-state index in [1.165, 1.54) is 4.90 Å². The number of ether oxygens (including phenoxy) is 2. The smallest absolute Gasteiger partial charge is 0.327 e. The van der Waals surface area contributed by atoms with Gasteiger partial charge >= 0.3 is 12.0 Å². The van der Waals surface area contributed by atoms with Crippen molar-refractivity contribution in [2.75, 3.05) is 51.5 Å². The number of carboxylic acid groups (broad SMARTS) is 1. The van der Waals surface area contributed by atoms with Gasteiger partial charge in [-0.05, 0) is 12.8 Å². The number of nitrogens with one attached hydrogen (secondary N) is 1. The lowest BCUT2D eigenvalue weighted by molar-refractivity contribution is -0.141. The minimum Gasteiger partial charge on any atom is -0.480 e. The lowest BCUT2D eigenvalue weighted by Crippen LogP contribution is -2.53. The van der Waals surface area contributed by atoms with Crippen LogP contribution in [0.15, 0.2) is 0 Å². The highest BCUT2D eigenvalue weighted by Crippen LogP contribution is 2.16. The molecular formula is C13H24N2O5S. The molecule has 2 N–H and O–H groups in total. The highest BCUT2D eigenvalue weighted by molar-refractivity contribution is 7.99. The normalized spacial score (nSPS) is 18.5. The van der Waals surface area contributed by atoms with E-state index in [0.29, 0.717) is 38.7 Å². The molecule has 7 nitrogen and oxygen atoms in total. The van der Waals surface area contributed by atoms with Gasteiger partial charge in [0, 0.05) is 38.3 Å². The van der Waals surface area contributed by atoms with Gasteiger partial charge in [-0.25, -0.2) is 9.59 Å². The van der Waals surface area contributed by atoms with E-state index in [4.69, 9.17) is 14.6 Å². The van der Waals surface area contributed by atoms with Crippen LogP contribution in [-0.2, 0) is 14.3 Å². The molecule has 21 heavy (non-hydrogen) atoms. The highest BCUT2D eigenvalue weighted by atomic mass is 32.2. The number of carbonyl (C=O) groups excluding carboxylic acids is 1. The topological polar surface area (TPSA) is 88.1 Å². The lowest BCUT2D eigenvalue weighted by Gasteiger charge is -2.32. The molecule has 1 saturated heterocycles. The summed E-state index contributed by atoms with van der Waals surface area (Å²) in [4.78, 5) is 24.5. The first-order valence-corrected chi connectivity index (χ1v) is 8.24. The lowest BCUT2D eigenvalue weighted by atomic mass is 10.3. The molecule has 1 aliphatic heterocycles. The standard InChI is InChI=1S/C13H24N2O5S/c1-19-7-8-20-6-3-2-4-14-13(18)15-5-9-21-10-11(15)12(16)17/h11H,2-10H2,1H3,(H,14,18)(H,16,17). The van der Waals surface area contributed by atoms with Crippen molar-refractivity contribution in [3.05, 3.63) is 0 Å². The fourth-order valence-electron chi connectivity index (χ4n) is 1.92. The van der Waals surface area contributed by atoms with Crippen LogP contribution >= 0.6 is 11.8 Å². The summed E-state index contributed by atoms with van der Waals surface area (Å²) in [5.74, 6) is 0.296. The Labute approximate surface area is 129 Å². The second-order valence-corrected chi connectivity index (χ2v) is 5.82. The summed E-state index contributed by atoms with van der Waals surface area (Å²) in [6, 6.07) is -1.01. The number of amides is 2. The van der Waals surface area contributed by atoms with Gasteiger partial charge in [-0.15, -0.1) is 0 Å². The predicted molar refractivity (Wildman–Crippen MR) is 80.8 cm³/mol. The van der Waals surface area contributed by atoms with Crippen LogP contribution in [0.3, 0.4) is 0 Å². The number of carbonyl (C=O) groups is 2. The summed E-state index contributed by atoms with van der Waals surface area (Å²) in [7, 11) is 1.63. The Morgan fingerprint density at radius 3 is 2.86 bits per heavy atom. The Hall–Kier alpha value is -0.990. The zero-order valence-electron chi connectivity index (χ0n) is 12.4. The van der Waals surface area contributed by atoms with Gasteiger partial charge in [0.05, 0.1) is 13.2 Å². The molecule has 1 rings (SSSR count). The number of thioether (sulfide) groups is 1. The molecule has 122 valence electrons. The molecule has 0 saturated carbocycles. The molecular weight excluding hydrogens is 296 g/mol. The van der Waals surface area contributed by atoms with Crippen LogP contribution in [0.1, 0.15) is 12.8 Å². The van der Waals surface area contributed by atoms with Gasteiger partial charge in [-0.3, -0.25) is 0 Å². The van der Waals surface area contributed by atoms with E-state index in [-0.39, 0.29) is 6.03 Å². The van der Waals surface area contributed by atoms with Crippen molar-refractivity contribution in [1.29, 1.82) is 0 Å². The van der Waals surface area contributed by atoms with Crippen molar-refractivity contribution in [1.82, 2.24) is 10.2 Å². The number of hydrogen-bond acceptors (Lipinski definition) is 5. The molecule has 0 aliphatic carbocycles. The molecule has 0 aromatic rings. The van der Waals surface area contributed by atoms with E-state index in [9.17, 15) is 9.59 Å². The van der Waals surface area contributed by atoms with E-state index in [2.05, 4.69) is 5.32 Å². The fraction of sp³-hybridized carbons (Fsp3) is 0.846. The third-order valence-corrected chi connectivity index (χ3v) is 4.12. The number of hydrogen-bond donors (Lipinski definition) is 2. The molecule has 1 aliphatic rings. The zero-order chi connectivity index (χ0) is 15.5. The van der Waals surface area contributed by atoms with Crippen molar-refractivity contribution in [2.45, 2.75) is 18.9 Å². The molecule has 8 heteroatoms. The molecule has 0 aromatic carbocycles. The van der Waals surface area contributed by atoms with Crippen molar-refractivity contribution in [2.24, 2.45) is 0 Å². The summed E-state index contributed by atoms with van der Waals surface area (Å²) in [5, 5.41) is 11.9. The quantitative estimate of drug-likeness (QED) is 0.606. The Kier molecular flexibility index (Phi) is 9.20. The molecule has 0 aromatic heterocycles. The fourth-order valence-corrected chi connectivity index (χ4v) is 2.96. The van der Waals surface area contributed by atoms with Crippen LogP contribution in [0.5, 0.6) is 0 Å². The Balaban J connectivity index is 2.13. The summed E-state index contributed by atoms with van der Waals surface area (Å²) >= 11 is 1.56. The number of carboxylic acids is 1. The van der Waals surface area contributed by atoms with Gasteiger partial charge in [-0.2, -0.15) is 11.8 Å². The van der Waals surface area contributed by atoms with E-state index < -0.39 is 12.0 Å². The van der Waals surface area contributed by atoms with Gasteiger partial charge in [-0.1, -0.05) is 0 Å². The maximum absolute atomic E-state index is 12.0. The minimum absolute atomic E-state index is 0.289. The van der Waals surface area contributed by atoms with Crippen molar-refractivity contribution < 1.29 is 24.2 Å². The number of nitrogens with zero attached hydrogens (tertiary/aromatic N) is 1. The monoisotopic (exact) mass is 320 g/mol. The number of unbranched alkanes of at least 4 members (excludes halogenated alkanes) is 1. The van der Waals surface area contributed by atoms with Crippen LogP contribution in [0, 0.1) is 0 Å². The van der Waals surface area contributed by atoms with Gasteiger partial charge in [0.25, 0.3) is 0 Å².